The lowest BCUT2D eigenvalue weighted by molar-refractivity contribution is 0.340. The molecule has 2 aromatic carbocycles. The van der Waals surface area contributed by atoms with Gasteiger partial charge in [-0.3, -0.25) is 0 Å². The smallest absolute Gasteiger partial charge is 0.219 e. The summed E-state index contributed by atoms with van der Waals surface area (Å²) in [6, 6.07) is 25.1. The molecule has 0 bridgehead atoms. The summed E-state index contributed by atoms with van der Waals surface area (Å²) in [5.74, 6) is 3.09. The molecule has 4 aromatic rings. The van der Waals surface area contributed by atoms with E-state index in [0.29, 0.717) is 5.88 Å². The molecule has 2 heterocycles. The lowest BCUT2D eigenvalue weighted by atomic mass is 10.3. The average Bonchev–Trinajstić information content (AvgIpc) is 3.17. The van der Waals surface area contributed by atoms with E-state index >= 15 is 0 Å². The van der Waals surface area contributed by atoms with Crippen LogP contribution in [0, 0.1) is 0 Å². The van der Waals surface area contributed by atoms with Crippen molar-refractivity contribution in [2.45, 2.75) is 6.92 Å². The molecule has 5 heteroatoms. The molecule has 5 nitrogen and oxygen atoms in total. The molecule has 0 amide bonds. The number of pyridine rings is 1. The maximum atomic E-state index is 5.71. The van der Waals surface area contributed by atoms with Crippen molar-refractivity contribution in [1.82, 2.24) is 14.5 Å². The van der Waals surface area contributed by atoms with Crippen molar-refractivity contribution >= 4 is 0 Å². The van der Waals surface area contributed by atoms with Crippen molar-refractivity contribution in [2.24, 2.45) is 7.05 Å². The Kier molecular flexibility index (Phi) is 6.79. The van der Waals surface area contributed by atoms with Crippen LogP contribution in [0.5, 0.6) is 17.4 Å². The summed E-state index contributed by atoms with van der Waals surface area (Å²) >= 11 is 0. The van der Waals surface area contributed by atoms with Gasteiger partial charge in [-0.15, -0.1) is 0 Å². The fourth-order valence-corrected chi connectivity index (χ4v) is 2.50. The number of rotatable bonds is 5. The molecule has 0 unspecified atom stereocenters. The number of aromatic nitrogens is 3. The van der Waals surface area contributed by atoms with Gasteiger partial charge in [-0.25, -0.2) is 9.97 Å². The largest absolute Gasteiger partial charge is 0.494 e. The van der Waals surface area contributed by atoms with Crippen LogP contribution < -0.4 is 9.47 Å². The SMILES string of the molecule is CCOc1ccccc1.Cn1ccnc1-c1cccc(Oc2ccccc2)n1. The fraction of sp³-hybridized carbons (Fsp3) is 0.130. The van der Waals surface area contributed by atoms with Crippen molar-refractivity contribution in [1.29, 1.82) is 0 Å². The Bertz CT molecular complexity index is 969. The Balaban J connectivity index is 0.000000211. The van der Waals surface area contributed by atoms with Crippen molar-refractivity contribution in [3.8, 4) is 28.9 Å². The Hall–Kier alpha value is -3.60. The van der Waals surface area contributed by atoms with E-state index in [1.165, 1.54) is 0 Å². The summed E-state index contributed by atoms with van der Waals surface area (Å²) in [6.45, 7) is 2.72. The predicted octanol–water partition coefficient (Wildman–Crippen LogP) is 5.36. The Morgan fingerprint density at radius 3 is 2.11 bits per heavy atom. The molecule has 28 heavy (non-hydrogen) atoms. The number of hydrogen-bond acceptors (Lipinski definition) is 4. The minimum absolute atomic E-state index is 0.562. The highest BCUT2D eigenvalue weighted by atomic mass is 16.5. The normalized spacial score (nSPS) is 9.93. The molecule has 0 fully saturated rings. The Morgan fingerprint density at radius 1 is 0.821 bits per heavy atom. The van der Waals surface area contributed by atoms with E-state index in [9.17, 15) is 0 Å². The summed E-state index contributed by atoms with van der Waals surface area (Å²) < 4.78 is 12.8. The summed E-state index contributed by atoms with van der Waals surface area (Å²) in [5, 5.41) is 0. The molecule has 0 spiro atoms. The predicted molar refractivity (Wildman–Crippen MR) is 111 cm³/mol. The molecule has 0 saturated carbocycles. The van der Waals surface area contributed by atoms with Gasteiger partial charge >= 0.3 is 0 Å². The van der Waals surface area contributed by atoms with Gasteiger partial charge in [0.25, 0.3) is 0 Å². The van der Waals surface area contributed by atoms with Crippen molar-refractivity contribution < 1.29 is 9.47 Å². The molecule has 0 atom stereocenters. The van der Waals surface area contributed by atoms with Gasteiger partial charge < -0.3 is 14.0 Å². The first kappa shape index (κ1) is 19.2. The van der Waals surface area contributed by atoms with E-state index < -0.39 is 0 Å². The van der Waals surface area contributed by atoms with E-state index in [0.717, 1.165) is 29.6 Å². The van der Waals surface area contributed by atoms with Crippen LogP contribution in [-0.4, -0.2) is 21.1 Å². The van der Waals surface area contributed by atoms with Crippen LogP contribution in [0.3, 0.4) is 0 Å². The van der Waals surface area contributed by atoms with Crippen LogP contribution >= 0.6 is 0 Å². The molecule has 0 N–H and O–H groups in total. The van der Waals surface area contributed by atoms with Gasteiger partial charge in [0.15, 0.2) is 5.82 Å². The lowest BCUT2D eigenvalue weighted by Crippen LogP contribution is -1.95. The second-order valence-electron chi connectivity index (χ2n) is 5.88. The molecule has 2 aromatic heterocycles. The summed E-state index contributed by atoms with van der Waals surface area (Å²) in [5.41, 5.74) is 0.793. The highest BCUT2D eigenvalue weighted by Gasteiger charge is 2.06. The standard InChI is InChI=1S/C15H13N3O.C8H10O/c1-18-11-10-16-15(18)13-8-5-9-14(17-13)19-12-6-3-2-4-7-12;1-2-9-8-6-4-3-5-7-8/h2-11H,1H3;3-7H,2H2,1H3. The third-order valence-electron chi connectivity index (χ3n) is 3.79. The van der Waals surface area contributed by atoms with Crippen LogP contribution in [0.25, 0.3) is 11.5 Å². The van der Waals surface area contributed by atoms with Gasteiger partial charge in [0.2, 0.25) is 5.88 Å². The van der Waals surface area contributed by atoms with Gasteiger partial charge in [-0.1, -0.05) is 42.5 Å². The zero-order chi connectivity index (χ0) is 19.6. The van der Waals surface area contributed by atoms with Crippen molar-refractivity contribution in [2.75, 3.05) is 6.61 Å². The van der Waals surface area contributed by atoms with E-state index in [1.807, 2.05) is 104 Å². The zero-order valence-electron chi connectivity index (χ0n) is 16.0. The molecule has 0 aliphatic carbocycles. The minimum atomic E-state index is 0.562. The Morgan fingerprint density at radius 2 is 1.50 bits per heavy atom. The number of nitrogens with zero attached hydrogens (tertiary/aromatic N) is 3. The lowest BCUT2D eigenvalue weighted by Gasteiger charge is -2.06. The second kappa shape index (κ2) is 9.92. The fourth-order valence-electron chi connectivity index (χ4n) is 2.50. The zero-order valence-corrected chi connectivity index (χ0v) is 16.0. The maximum absolute atomic E-state index is 5.71. The van der Waals surface area contributed by atoms with E-state index in [-0.39, 0.29) is 0 Å². The van der Waals surface area contributed by atoms with Crippen molar-refractivity contribution in [3.05, 3.63) is 91.3 Å². The van der Waals surface area contributed by atoms with Crippen molar-refractivity contribution in [3.63, 3.8) is 0 Å². The summed E-state index contributed by atoms with van der Waals surface area (Å²) in [4.78, 5) is 8.74. The van der Waals surface area contributed by atoms with Crippen LogP contribution in [0.4, 0.5) is 0 Å². The van der Waals surface area contributed by atoms with Crippen LogP contribution in [0.15, 0.2) is 91.3 Å². The minimum Gasteiger partial charge on any atom is -0.494 e. The molecule has 0 aliphatic rings. The first-order valence-corrected chi connectivity index (χ1v) is 9.11. The number of aryl methyl sites for hydroxylation is 1. The first-order chi connectivity index (χ1) is 13.8. The first-order valence-electron chi connectivity index (χ1n) is 9.11. The van der Waals surface area contributed by atoms with Gasteiger partial charge in [0.05, 0.1) is 6.61 Å². The number of ether oxygens (including phenoxy) is 2. The number of hydrogen-bond donors (Lipinski definition) is 0. The van der Waals surface area contributed by atoms with Crippen LogP contribution in [-0.2, 0) is 7.05 Å². The second-order valence-corrected chi connectivity index (χ2v) is 5.88. The van der Waals surface area contributed by atoms with Crippen LogP contribution in [0.1, 0.15) is 6.92 Å². The monoisotopic (exact) mass is 373 g/mol. The Labute approximate surface area is 165 Å². The molecular weight excluding hydrogens is 350 g/mol. The van der Waals surface area contributed by atoms with Gasteiger partial charge in [-0.2, -0.15) is 0 Å². The van der Waals surface area contributed by atoms with E-state index in [2.05, 4.69) is 9.97 Å². The van der Waals surface area contributed by atoms with Gasteiger partial charge in [-0.05, 0) is 37.3 Å². The number of para-hydroxylation sites is 2. The van der Waals surface area contributed by atoms with Crippen LogP contribution in [0.2, 0.25) is 0 Å². The number of benzene rings is 2. The molecule has 0 radical (unpaired) electrons. The molecule has 4 rings (SSSR count). The summed E-state index contributed by atoms with van der Waals surface area (Å²) in [7, 11) is 1.94. The number of imidazole rings is 1. The molecule has 0 saturated heterocycles. The maximum Gasteiger partial charge on any atom is 0.219 e. The van der Waals surface area contributed by atoms with Gasteiger partial charge in [0, 0.05) is 25.5 Å². The van der Waals surface area contributed by atoms with E-state index in [1.54, 1.807) is 6.20 Å². The highest BCUT2D eigenvalue weighted by Crippen LogP contribution is 2.22. The molecular formula is C23H23N3O2. The third-order valence-corrected chi connectivity index (χ3v) is 3.79. The van der Waals surface area contributed by atoms with Gasteiger partial charge in [0.1, 0.15) is 17.2 Å². The topological polar surface area (TPSA) is 49.2 Å². The molecule has 142 valence electrons. The average molecular weight is 373 g/mol. The van der Waals surface area contributed by atoms with E-state index in [4.69, 9.17) is 9.47 Å². The third kappa shape index (κ3) is 5.45. The quantitative estimate of drug-likeness (QED) is 0.472. The molecule has 0 aliphatic heterocycles. The highest BCUT2D eigenvalue weighted by molar-refractivity contribution is 5.50. The summed E-state index contributed by atoms with van der Waals surface area (Å²) in [6.07, 6.45) is 3.64.